The average Bonchev–Trinajstić information content (AvgIpc) is 2.49. The number of methoxy groups -OCH3 is 2. The van der Waals surface area contributed by atoms with E-state index in [1.165, 1.54) is 0 Å². The number of hydrogen-bond acceptors (Lipinski definition) is 5. The molecule has 2 atom stereocenters. The molecule has 0 bridgehead atoms. The van der Waals surface area contributed by atoms with Gasteiger partial charge in [-0.1, -0.05) is 20.8 Å². The fourth-order valence-electron chi connectivity index (χ4n) is 2.39. The summed E-state index contributed by atoms with van der Waals surface area (Å²) in [7, 11) is -0.430. The highest BCUT2D eigenvalue weighted by molar-refractivity contribution is 7.88. The summed E-state index contributed by atoms with van der Waals surface area (Å²) < 4.78 is 36.2. The Bertz CT molecular complexity index is 710. The van der Waals surface area contributed by atoms with E-state index in [2.05, 4.69) is 10.0 Å². The molecule has 0 radical (unpaired) electrons. The molecule has 0 aromatic heterocycles. The van der Waals surface area contributed by atoms with Crippen molar-refractivity contribution < 1.29 is 22.7 Å². The van der Waals surface area contributed by atoms with E-state index in [9.17, 15) is 13.2 Å². The number of nitrogens with one attached hydrogen (secondary N) is 2. The summed E-state index contributed by atoms with van der Waals surface area (Å²) in [6.45, 7) is 7.19. The first-order chi connectivity index (χ1) is 11.4. The van der Waals surface area contributed by atoms with Crippen LogP contribution in [0, 0.1) is 5.41 Å². The Morgan fingerprint density at radius 1 is 1.16 bits per heavy atom. The largest absolute Gasteiger partial charge is 0.497 e. The molecule has 8 heteroatoms. The van der Waals surface area contributed by atoms with E-state index >= 15 is 0 Å². The van der Waals surface area contributed by atoms with Crippen LogP contribution in [0.4, 0.5) is 0 Å². The van der Waals surface area contributed by atoms with E-state index in [1.807, 2.05) is 0 Å². The van der Waals surface area contributed by atoms with Gasteiger partial charge in [0.15, 0.2) is 0 Å². The zero-order chi connectivity index (χ0) is 19.4. The van der Waals surface area contributed by atoms with Gasteiger partial charge in [0, 0.05) is 5.56 Å². The Morgan fingerprint density at radius 3 is 2.20 bits per heavy atom. The molecule has 1 amide bonds. The molecule has 0 spiro atoms. The molecule has 0 aliphatic rings. The van der Waals surface area contributed by atoms with Gasteiger partial charge < -0.3 is 14.8 Å². The quantitative estimate of drug-likeness (QED) is 0.762. The number of sulfonamides is 1. The molecule has 0 fully saturated rings. The molecule has 0 aliphatic heterocycles. The van der Waals surface area contributed by atoms with Crippen molar-refractivity contribution in [3.05, 3.63) is 23.8 Å². The minimum absolute atomic E-state index is 0.399. The maximum atomic E-state index is 12.7. The maximum absolute atomic E-state index is 12.7. The summed E-state index contributed by atoms with van der Waals surface area (Å²) in [6, 6.07) is 4.00. The van der Waals surface area contributed by atoms with Crippen LogP contribution in [0.5, 0.6) is 11.5 Å². The van der Waals surface area contributed by atoms with Gasteiger partial charge in [-0.25, -0.2) is 13.1 Å². The van der Waals surface area contributed by atoms with Gasteiger partial charge in [-0.05, 0) is 30.5 Å². The summed E-state index contributed by atoms with van der Waals surface area (Å²) >= 11 is 0. The number of rotatable bonds is 7. The van der Waals surface area contributed by atoms with Crippen LogP contribution in [-0.4, -0.2) is 40.8 Å². The standard InChI is InChI=1S/C17H28N2O5S/c1-11(13-10-12(23-5)8-9-14(13)24-6)18-16(20)15(17(2,3)4)19-25(7,21)22/h8-11,15,19H,1-7H3,(H,18,20)/t11-,15-/m1/s1. The fourth-order valence-corrected chi connectivity index (χ4v) is 3.28. The van der Waals surface area contributed by atoms with Crippen molar-refractivity contribution in [3.8, 4) is 11.5 Å². The third-order valence-corrected chi connectivity index (χ3v) is 4.39. The van der Waals surface area contributed by atoms with Crippen molar-refractivity contribution in [2.75, 3.05) is 20.5 Å². The van der Waals surface area contributed by atoms with Crippen LogP contribution in [0.25, 0.3) is 0 Å². The van der Waals surface area contributed by atoms with Gasteiger partial charge in [0.2, 0.25) is 15.9 Å². The first-order valence-electron chi connectivity index (χ1n) is 7.88. The van der Waals surface area contributed by atoms with E-state index in [0.29, 0.717) is 11.5 Å². The van der Waals surface area contributed by atoms with Gasteiger partial charge in [0.1, 0.15) is 17.5 Å². The van der Waals surface area contributed by atoms with E-state index < -0.39 is 33.4 Å². The van der Waals surface area contributed by atoms with Crippen LogP contribution in [0.15, 0.2) is 18.2 Å². The number of benzene rings is 1. The second-order valence-corrected chi connectivity index (χ2v) is 8.81. The highest BCUT2D eigenvalue weighted by Crippen LogP contribution is 2.30. The Labute approximate surface area is 150 Å². The van der Waals surface area contributed by atoms with Gasteiger partial charge in [0.25, 0.3) is 0 Å². The highest BCUT2D eigenvalue weighted by Gasteiger charge is 2.34. The number of ether oxygens (including phenoxy) is 2. The maximum Gasteiger partial charge on any atom is 0.239 e. The number of carbonyl (C=O) groups excluding carboxylic acids is 1. The monoisotopic (exact) mass is 372 g/mol. The Morgan fingerprint density at radius 2 is 1.76 bits per heavy atom. The average molecular weight is 372 g/mol. The lowest BCUT2D eigenvalue weighted by Gasteiger charge is -2.31. The van der Waals surface area contributed by atoms with Crippen molar-refractivity contribution >= 4 is 15.9 Å². The molecule has 1 aromatic carbocycles. The van der Waals surface area contributed by atoms with Crippen LogP contribution in [-0.2, 0) is 14.8 Å². The molecular formula is C17H28N2O5S. The summed E-state index contributed by atoms with van der Waals surface area (Å²) in [5, 5.41) is 2.85. The van der Waals surface area contributed by atoms with E-state index in [1.54, 1.807) is 60.1 Å². The van der Waals surface area contributed by atoms with Gasteiger partial charge in [-0.3, -0.25) is 4.79 Å². The van der Waals surface area contributed by atoms with E-state index in [-0.39, 0.29) is 0 Å². The third-order valence-electron chi connectivity index (χ3n) is 3.72. The summed E-state index contributed by atoms with van der Waals surface area (Å²) in [4.78, 5) is 12.7. The van der Waals surface area contributed by atoms with Crippen LogP contribution >= 0.6 is 0 Å². The summed E-state index contributed by atoms with van der Waals surface area (Å²) in [5.74, 6) is 0.839. The van der Waals surface area contributed by atoms with Crippen molar-refractivity contribution in [2.45, 2.75) is 39.8 Å². The second kappa shape index (κ2) is 8.05. The van der Waals surface area contributed by atoms with E-state index in [0.717, 1.165) is 11.8 Å². The zero-order valence-corrected chi connectivity index (χ0v) is 16.7. The topological polar surface area (TPSA) is 93.7 Å². The molecule has 0 saturated heterocycles. The number of hydrogen-bond donors (Lipinski definition) is 2. The zero-order valence-electron chi connectivity index (χ0n) is 15.8. The van der Waals surface area contributed by atoms with Gasteiger partial charge >= 0.3 is 0 Å². The highest BCUT2D eigenvalue weighted by atomic mass is 32.2. The molecule has 0 unspecified atom stereocenters. The molecule has 7 nitrogen and oxygen atoms in total. The van der Waals surface area contributed by atoms with Crippen molar-refractivity contribution in [2.24, 2.45) is 5.41 Å². The minimum Gasteiger partial charge on any atom is -0.497 e. The predicted molar refractivity (Wildman–Crippen MR) is 97.3 cm³/mol. The first-order valence-corrected chi connectivity index (χ1v) is 9.77. The van der Waals surface area contributed by atoms with Crippen LogP contribution in [0.2, 0.25) is 0 Å². The molecule has 1 rings (SSSR count). The van der Waals surface area contributed by atoms with Gasteiger partial charge in [-0.2, -0.15) is 0 Å². The van der Waals surface area contributed by atoms with Crippen molar-refractivity contribution in [1.82, 2.24) is 10.0 Å². The van der Waals surface area contributed by atoms with Gasteiger partial charge in [0.05, 0.1) is 26.5 Å². The lowest BCUT2D eigenvalue weighted by molar-refractivity contribution is -0.125. The SMILES string of the molecule is COc1ccc(OC)c([C@@H](C)NC(=O)[C@@H](NS(C)(=O)=O)C(C)(C)C)c1. The first kappa shape index (κ1) is 21.2. The molecule has 0 aliphatic carbocycles. The van der Waals surface area contributed by atoms with Crippen LogP contribution in [0.3, 0.4) is 0 Å². The molecule has 0 heterocycles. The molecule has 2 N–H and O–H groups in total. The van der Waals surface area contributed by atoms with Crippen molar-refractivity contribution in [1.29, 1.82) is 0 Å². The summed E-state index contributed by atoms with van der Waals surface area (Å²) in [5.41, 5.74) is 0.146. The Balaban J connectivity index is 3.08. The van der Waals surface area contributed by atoms with Gasteiger partial charge in [-0.15, -0.1) is 0 Å². The Hall–Kier alpha value is -1.80. The predicted octanol–water partition coefficient (Wildman–Crippen LogP) is 1.84. The molecule has 25 heavy (non-hydrogen) atoms. The number of carbonyl (C=O) groups is 1. The molecule has 142 valence electrons. The minimum atomic E-state index is -3.53. The third kappa shape index (κ3) is 6.21. The second-order valence-electron chi connectivity index (χ2n) is 7.03. The lowest BCUT2D eigenvalue weighted by atomic mass is 9.86. The lowest BCUT2D eigenvalue weighted by Crippen LogP contribution is -2.53. The Kier molecular flexibility index (Phi) is 6.84. The van der Waals surface area contributed by atoms with E-state index in [4.69, 9.17) is 9.47 Å². The van der Waals surface area contributed by atoms with Crippen LogP contribution in [0.1, 0.15) is 39.3 Å². The molecule has 1 aromatic rings. The van der Waals surface area contributed by atoms with Crippen molar-refractivity contribution in [3.63, 3.8) is 0 Å². The van der Waals surface area contributed by atoms with Crippen LogP contribution < -0.4 is 19.5 Å². The summed E-state index contributed by atoms with van der Waals surface area (Å²) in [6.07, 6.45) is 1.04. The molecular weight excluding hydrogens is 344 g/mol. The molecule has 0 saturated carbocycles. The smallest absolute Gasteiger partial charge is 0.239 e. The normalized spacial score (nSPS) is 14.5. The number of amides is 1. The fraction of sp³-hybridized carbons (Fsp3) is 0.588.